The summed E-state index contributed by atoms with van der Waals surface area (Å²) < 4.78 is 0. The summed E-state index contributed by atoms with van der Waals surface area (Å²) in [6.07, 6.45) is 0. The molecule has 0 aliphatic carbocycles. The molecule has 0 aromatic carbocycles. The molecule has 1 fully saturated rings. The Morgan fingerprint density at radius 1 is 1.45 bits per heavy atom. The number of aromatic nitrogens is 1. The molecule has 1 N–H and O–H groups in total. The first kappa shape index (κ1) is 15.2. The van der Waals surface area contributed by atoms with E-state index in [4.69, 9.17) is 4.98 Å². The van der Waals surface area contributed by atoms with Gasteiger partial charge in [0, 0.05) is 35.2 Å². The molecule has 1 atom stereocenters. The van der Waals surface area contributed by atoms with E-state index in [0.717, 1.165) is 30.4 Å². The van der Waals surface area contributed by atoms with Crippen molar-refractivity contribution in [3.63, 3.8) is 0 Å². The fraction of sp³-hybridized carbons (Fsp3) is 0.600. The molecule has 2 rings (SSSR count). The lowest BCUT2D eigenvalue weighted by atomic mass is 9.90. The quantitative estimate of drug-likeness (QED) is 0.908. The first-order chi connectivity index (χ1) is 9.27. The molecule has 2 heterocycles. The van der Waals surface area contributed by atoms with Crippen LogP contribution in [0.5, 0.6) is 0 Å². The number of carboxylic acid groups (broad SMARTS) is 1. The molecule has 1 aromatic heterocycles. The number of anilines is 1. The van der Waals surface area contributed by atoms with Crippen LogP contribution in [-0.4, -0.2) is 40.2 Å². The van der Waals surface area contributed by atoms with Gasteiger partial charge < -0.3 is 10.0 Å². The number of carbonyl (C=O) groups is 1. The van der Waals surface area contributed by atoms with Crippen molar-refractivity contribution >= 4 is 23.5 Å². The Hall–Kier alpha value is -1.23. The smallest absolute Gasteiger partial charge is 0.335 e. The molecule has 0 spiro atoms. The molecule has 20 heavy (non-hydrogen) atoms. The molecule has 0 saturated carbocycles. The van der Waals surface area contributed by atoms with Crippen LogP contribution in [0.3, 0.4) is 0 Å². The van der Waals surface area contributed by atoms with Gasteiger partial charge in [-0.05, 0) is 12.1 Å². The van der Waals surface area contributed by atoms with E-state index >= 15 is 0 Å². The number of carboxylic acids is 1. The fourth-order valence-corrected chi connectivity index (χ4v) is 3.23. The van der Waals surface area contributed by atoms with Crippen LogP contribution in [-0.2, 0) is 5.41 Å². The Kier molecular flexibility index (Phi) is 4.28. The predicted octanol–water partition coefficient (Wildman–Crippen LogP) is 3.02. The average molecular weight is 294 g/mol. The van der Waals surface area contributed by atoms with Crippen molar-refractivity contribution in [3.05, 3.63) is 23.4 Å². The molecule has 1 aliphatic rings. The lowest BCUT2D eigenvalue weighted by Crippen LogP contribution is -2.37. The van der Waals surface area contributed by atoms with Crippen LogP contribution in [0, 0.1) is 0 Å². The van der Waals surface area contributed by atoms with E-state index in [-0.39, 0.29) is 5.41 Å². The minimum atomic E-state index is -0.890. The molecule has 1 aliphatic heterocycles. The van der Waals surface area contributed by atoms with Gasteiger partial charge in [0.1, 0.15) is 5.82 Å². The highest BCUT2D eigenvalue weighted by Crippen LogP contribution is 2.27. The second kappa shape index (κ2) is 5.64. The van der Waals surface area contributed by atoms with Crippen LogP contribution in [0.4, 0.5) is 5.82 Å². The van der Waals surface area contributed by atoms with Crippen LogP contribution < -0.4 is 4.90 Å². The van der Waals surface area contributed by atoms with E-state index < -0.39 is 5.97 Å². The lowest BCUT2D eigenvalue weighted by molar-refractivity contribution is 0.0696. The zero-order valence-electron chi connectivity index (χ0n) is 12.5. The van der Waals surface area contributed by atoms with E-state index in [9.17, 15) is 9.90 Å². The van der Waals surface area contributed by atoms with Crippen LogP contribution in [0.15, 0.2) is 12.1 Å². The number of pyridine rings is 1. The number of hydrogen-bond acceptors (Lipinski definition) is 4. The second-order valence-corrected chi connectivity index (χ2v) is 7.83. The Morgan fingerprint density at radius 2 is 2.15 bits per heavy atom. The maximum absolute atomic E-state index is 11.3. The summed E-state index contributed by atoms with van der Waals surface area (Å²) in [4.78, 5) is 18.2. The number of rotatable bonds is 2. The third kappa shape index (κ3) is 3.45. The third-order valence-electron chi connectivity index (χ3n) is 3.39. The summed E-state index contributed by atoms with van der Waals surface area (Å²) in [6, 6.07) is 3.38. The number of hydrogen-bond donors (Lipinski definition) is 1. The third-order valence-corrected chi connectivity index (χ3v) is 4.53. The molecule has 0 radical (unpaired) electrons. The van der Waals surface area contributed by atoms with Gasteiger partial charge in [-0.25, -0.2) is 9.78 Å². The van der Waals surface area contributed by atoms with Gasteiger partial charge >= 0.3 is 5.97 Å². The van der Waals surface area contributed by atoms with Crippen molar-refractivity contribution in [1.29, 1.82) is 0 Å². The maximum Gasteiger partial charge on any atom is 0.335 e. The molecule has 4 nitrogen and oxygen atoms in total. The van der Waals surface area contributed by atoms with Crippen molar-refractivity contribution in [1.82, 2.24) is 4.98 Å². The second-order valence-electron chi connectivity index (χ2n) is 6.28. The molecular formula is C15H22N2O2S. The van der Waals surface area contributed by atoms with E-state index in [2.05, 4.69) is 32.6 Å². The average Bonchev–Trinajstić information content (AvgIpc) is 2.37. The summed E-state index contributed by atoms with van der Waals surface area (Å²) in [7, 11) is 0. The molecule has 1 unspecified atom stereocenters. The van der Waals surface area contributed by atoms with E-state index in [0.29, 0.717) is 10.8 Å². The standard InChI is InChI=1S/C15H22N2O2S/c1-10-9-17(5-6-20-10)13-8-11(14(18)19)7-12(16-13)15(2,3)4/h7-8,10H,5-6,9H2,1-4H3,(H,18,19). The molecule has 0 bridgehead atoms. The van der Waals surface area contributed by atoms with Gasteiger partial charge in [-0.15, -0.1) is 0 Å². The van der Waals surface area contributed by atoms with Crippen molar-refractivity contribution < 1.29 is 9.90 Å². The lowest BCUT2D eigenvalue weighted by Gasteiger charge is -2.32. The van der Waals surface area contributed by atoms with Gasteiger partial charge in [0.15, 0.2) is 0 Å². The van der Waals surface area contributed by atoms with Crippen molar-refractivity contribution in [2.24, 2.45) is 0 Å². The van der Waals surface area contributed by atoms with Gasteiger partial charge in [-0.1, -0.05) is 27.7 Å². The zero-order valence-corrected chi connectivity index (χ0v) is 13.3. The van der Waals surface area contributed by atoms with Crippen molar-refractivity contribution in [2.75, 3.05) is 23.7 Å². The number of aromatic carboxylic acids is 1. The Balaban J connectivity index is 2.41. The van der Waals surface area contributed by atoms with Crippen LogP contribution in [0.25, 0.3) is 0 Å². The first-order valence-corrected chi connectivity index (χ1v) is 7.94. The van der Waals surface area contributed by atoms with Gasteiger partial charge in [0.2, 0.25) is 0 Å². The van der Waals surface area contributed by atoms with Gasteiger partial charge in [-0.3, -0.25) is 0 Å². The normalized spacial score (nSPS) is 20.0. The molecule has 5 heteroatoms. The van der Waals surface area contributed by atoms with Gasteiger partial charge in [0.25, 0.3) is 0 Å². The summed E-state index contributed by atoms with van der Waals surface area (Å²) in [6.45, 7) is 10.2. The van der Waals surface area contributed by atoms with E-state index in [1.54, 1.807) is 12.1 Å². The van der Waals surface area contributed by atoms with Gasteiger partial charge in [-0.2, -0.15) is 11.8 Å². The van der Waals surface area contributed by atoms with E-state index in [1.165, 1.54) is 0 Å². The molecule has 1 saturated heterocycles. The van der Waals surface area contributed by atoms with Crippen LogP contribution in [0.1, 0.15) is 43.7 Å². The topological polar surface area (TPSA) is 53.4 Å². The maximum atomic E-state index is 11.3. The largest absolute Gasteiger partial charge is 0.478 e. The highest BCUT2D eigenvalue weighted by atomic mass is 32.2. The summed E-state index contributed by atoms with van der Waals surface area (Å²) in [5.41, 5.74) is 1.00. The molecule has 0 amide bonds. The summed E-state index contributed by atoms with van der Waals surface area (Å²) in [5, 5.41) is 9.85. The van der Waals surface area contributed by atoms with Crippen molar-refractivity contribution in [2.45, 2.75) is 38.4 Å². The van der Waals surface area contributed by atoms with E-state index in [1.807, 2.05) is 11.8 Å². The Bertz CT molecular complexity index is 511. The summed E-state index contributed by atoms with van der Waals surface area (Å²) in [5.74, 6) is 0.964. The summed E-state index contributed by atoms with van der Waals surface area (Å²) >= 11 is 1.95. The molecule has 110 valence electrons. The minimum Gasteiger partial charge on any atom is -0.478 e. The molecule has 1 aromatic rings. The fourth-order valence-electron chi connectivity index (χ4n) is 2.21. The van der Waals surface area contributed by atoms with Gasteiger partial charge in [0.05, 0.1) is 5.56 Å². The Morgan fingerprint density at radius 3 is 2.70 bits per heavy atom. The van der Waals surface area contributed by atoms with Crippen LogP contribution >= 0.6 is 11.8 Å². The highest BCUT2D eigenvalue weighted by Gasteiger charge is 2.23. The SMILES string of the molecule is CC1CN(c2cc(C(=O)O)cc(C(C)(C)C)n2)CCS1. The molecular weight excluding hydrogens is 272 g/mol. The Labute approximate surface area is 124 Å². The highest BCUT2D eigenvalue weighted by molar-refractivity contribution is 8.00. The zero-order chi connectivity index (χ0) is 14.9. The number of nitrogens with zero attached hydrogens (tertiary/aromatic N) is 2. The minimum absolute atomic E-state index is 0.156. The monoisotopic (exact) mass is 294 g/mol. The van der Waals surface area contributed by atoms with Crippen LogP contribution in [0.2, 0.25) is 0 Å². The van der Waals surface area contributed by atoms with Crippen molar-refractivity contribution in [3.8, 4) is 0 Å². The predicted molar refractivity (Wildman–Crippen MR) is 84.0 cm³/mol. The number of thioether (sulfide) groups is 1. The first-order valence-electron chi connectivity index (χ1n) is 6.90.